The first kappa shape index (κ1) is 20.6. The molecule has 0 aromatic carbocycles. The van der Waals surface area contributed by atoms with E-state index < -0.39 is 17.5 Å². The van der Waals surface area contributed by atoms with Gasteiger partial charge in [-0.15, -0.1) is 0 Å². The summed E-state index contributed by atoms with van der Waals surface area (Å²) in [5, 5.41) is 20.8. The van der Waals surface area contributed by atoms with Crippen LogP contribution < -0.4 is 0 Å². The van der Waals surface area contributed by atoms with Crippen LogP contribution in [0.1, 0.15) is 52.0 Å². The van der Waals surface area contributed by atoms with Gasteiger partial charge in [-0.2, -0.15) is 0 Å². The lowest BCUT2D eigenvalue weighted by Crippen LogP contribution is -2.57. The summed E-state index contributed by atoms with van der Waals surface area (Å²) in [6.45, 7) is 5.79. The molecule has 1 aromatic rings. The van der Waals surface area contributed by atoms with Crippen LogP contribution in [0.2, 0.25) is 0 Å². The summed E-state index contributed by atoms with van der Waals surface area (Å²) in [4.78, 5) is 23.4. The highest BCUT2D eigenvalue weighted by Gasteiger charge is 2.59. The number of aliphatic carboxylic acids is 1. The zero-order chi connectivity index (χ0) is 20.5. The van der Waals surface area contributed by atoms with Crippen molar-refractivity contribution in [3.05, 3.63) is 35.8 Å². The number of hydrogen-bond acceptors (Lipinski definition) is 5. The number of fused-ring (bicyclic) bond motifs is 1. The number of furan rings is 1. The summed E-state index contributed by atoms with van der Waals surface area (Å²) in [7, 11) is 0. The van der Waals surface area contributed by atoms with E-state index in [9.17, 15) is 19.8 Å². The summed E-state index contributed by atoms with van der Waals surface area (Å²) in [5.41, 5.74) is 0.484. The summed E-state index contributed by atoms with van der Waals surface area (Å²) in [6, 6.07) is 1.92. The Kier molecular flexibility index (Phi) is 5.71. The average Bonchev–Trinajstić information content (AvgIpc) is 3.12. The second-order valence-electron chi connectivity index (χ2n) is 8.80. The van der Waals surface area contributed by atoms with E-state index in [1.807, 2.05) is 13.0 Å². The molecule has 154 valence electrons. The first-order valence-electron chi connectivity index (χ1n) is 9.95. The number of carbonyl (C=O) groups is 2. The number of ether oxygens (including phenoxy) is 1. The lowest BCUT2D eigenvalue weighted by molar-refractivity contribution is -0.156. The van der Waals surface area contributed by atoms with E-state index in [0.717, 1.165) is 24.8 Å². The second-order valence-corrected chi connectivity index (χ2v) is 8.80. The number of esters is 1. The number of hydrogen-bond donors (Lipinski definition) is 2. The molecule has 1 aromatic heterocycles. The molecule has 3 rings (SSSR count). The quantitative estimate of drug-likeness (QED) is 0.721. The SMILES string of the molecule is CC(=O)OC[C@@H]1CC[C@@]2(C)C(C(=O)O)=CC[C@H](O)[C@@H]2[C@@]1(C)CCc1ccoc1. The maximum Gasteiger partial charge on any atom is 0.331 e. The van der Waals surface area contributed by atoms with Gasteiger partial charge in [0.1, 0.15) is 0 Å². The number of carboxylic acid groups (broad SMARTS) is 1. The number of aryl methyl sites for hydroxylation is 1. The molecule has 28 heavy (non-hydrogen) atoms. The molecule has 0 spiro atoms. The monoisotopic (exact) mass is 390 g/mol. The molecule has 0 saturated heterocycles. The lowest BCUT2D eigenvalue weighted by Gasteiger charge is -2.59. The van der Waals surface area contributed by atoms with Crippen molar-refractivity contribution < 1.29 is 29.0 Å². The summed E-state index contributed by atoms with van der Waals surface area (Å²) >= 11 is 0. The number of rotatable bonds is 6. The van der Waals surface area contributed by atoms with Crippen molar-refractivity contribution in [2.75, 3.05) is 6.61 Å². The molecule has 0 aliphatic heterocycles. The third-order valence-corrected chi connectivity index (χ3v) is 7.16. The molecule has 1 fully saturated rings. The second kappa shape index (κ2) is 7.74. The molecule has 1 heterocycles. The van der Waals surface area contributed by atoms with Gasteiger partial charge in [0.2, 0.25) is 0 Å². The molecule has 0 amide bonds. The van der Waals surface area contributed by atoms with Gasteiger partial charge in [-0.3, -0.25) is 4.79 Å². The predicted octanol–water partition coefficient (Wildman–Crippen LogP) is 3.59. The molecule has 2 aliphatic rings. The third-order valence-electron chi connectivity index (χ3n) is 7.16. The Morgan fingerprint density at radius 2 is 2.11 bits per heavy atom. The minimum absolute atomic E-state index is 0.0594. The van der Waals surface area contributed by atoms with E-state index in [2.05, 4.69) is 6.92 Å². The van der Waals surface area contributed by atoms with Gasteiger partial charge in [0.25, 0.3) is 0 Å². The summed E-state index contributed by atoms with van der Waals surface area (Å²) in [6.07, 6.45) is 7.67. The summed E-state index contributed by atoms with van der Waals surface area (Å²) in [5.74, 6) is -1.39. The van der Waals surface area contributed by atoms with Crippen molar-refractivity contribution in [1.29, 1.82) is 0 Å². The summed E-state index contributed by atoms with van der Waals surface area (Å²) < 4.78 is 10.5. The van der Waals surface area contributed by atoms with Crippen LogP contribution in [-0.4, -0.2) is 34.9 Å². The maximum absolute atomic E-state index is 11.9. The van der Waals surface area contributed by atoms with Crippen molar-refractivity contribution >= 4 is 11.9 Å². The predicted molar refractivity (Wildman–Crippen MR) is 102 cm³/mol. The van der Waals surface area contributed by atoms with E-state index in [1.165, 1.54) is 6.92 Å². The molecule has 2 aliphatic carbocycles. The molecular weight excluding hydrogens is 360 g/mol. The molecule has 0 bridgehead atoms. The zero-order valence-corrected chi connectivity index (χ0v) is 16.8. The number of aliphatic hydroxyl groups excluding tert-OH is 1. The fraction of sp³-hybridized carbons (Fsp3) is 0.636. The Balaban J connectivity index is 1.97. The van der Waals surface area contributed by atoms with Gasteiger partial charge in [-0.05, 0) is 55.1 Å². The Morgan fingerprint density at radius 1 is 1.36 bits per heavy atom. The first-order chi connectivity index (χ1) is 13.2. The maximum atomic E-state index is 11.9. The average molecular weight is 390 g/mol. The van der Waals surface area contributed by atoms with Crippen molar-refractivity contribution in [2.45, 2.75) is 59.0 Å². The van der Waals surface area contributed by atoms with Crippen molar-refractivity contribution in [1.82, 2.24) is 0 Å². The molecule has 0 radical (unpaired) electrons. The van der Waals surface area contributed by atoms with Crippen LogP contribution >= 0.6 is 0 Å². The minimum Gasteiger partial charge on any atom is -0.478 e. The van der Waals surface area contributed by atoms with Crippen molar-refractivity contribution in [2.24, 2.45) is 22.7 Å². The van der Waals surface area contributed by atoms with E-state index in [4.69, 9.17) is 9.15 Å². The molecular formula is C22H30O6. The molecule has 0 unspecified atom stereocenters. The third kappa shape index (κ3) is 3.62. The topological polar surface area (TPSA) is 97.0 Å². The standard InChI is InChI=1S/C22H30O6/c1-14(23)28-13-16-7-10-22(3)17(20(25)26)4-5-18(24)19(22)21(16,2)9-6-15-8-11-27-12-15/h4,8,11-12,16,18-19,24H,5-7,9-10,13H2,1-3H3,(H,25,26)/t16-,18-,19+,21-,22-/m0/s1. The van der Waals surface area contributed by atoms with Gasteiger partial charge in [-0.1, -0.05) is 19.9 Å². The van der Waals surface area contributed by atoms with E-state index >= 15 is 0 Å². The van der Waals surface area contributed by atoms with E-state index in [1.54, 1.807) is 18.6 Å². The Morgan fingerprint density at radius 3 is 2.71 bits per heavy atom. The number of carbonyl (C=O) groups excluding carboxylic acids is 1. The van der Waals surface area contributed by atoms with Crippen LogP contribution in [0.15, 0.2) is 34.7 Å². The van der Waals surface area contributed by atoms with Crippen LogP contribution in [-0.2, 0) is 20.7 Å². The van der Waals surface area contributed by atoms with Crippen LogP contribution in [0.5, 0.6) is 0 Å². The fourth-order valence-corrected chi connectivity index (χ4v) is 5.75. The van der Waals surface area contributed by atoms with Crippen LogP contribution in [0.3, 0.4) is 0 Å². The van der Waals surface area contributed by atoms with Gasteiger partial charge >= 0.3 is 11.9 Å². The van der Waals surface area contributed by atoms with Gasteiger partial charge in [0.15, 0.2) is 0 Å². The highest BCUT2D eigenvalue weighted by Crippen LogP contribution is 2.62. The minimum atomic E-state index is -0.907. The Bertz CT molecular complexity index is 751. The zero-order valence-electron chi connectivity index (χ0n) is 16.8. The molecule has 2 N–H and O–H groups in total. The van der Waals surface area contributed by atoms with Crippen LogP contribution in [0, 0.1) is 22.7 Å². The number of aliphatic hydroxyl groups is 1. The van der Waals surface area contributed by atoms with E-state index in [0.29, 0.717) is 25.0 Å². The van der Waals surface area contributed by atoms with Crippen LogP contribution in [0.25, 0.3) is 0 Å². The van der Waals surface area contributed by atoms with Gasteiger partial charge in [-0.25, -0.2) is 4.79 Å². The fourth-order valence-electron chi connectivity index (χ4n) is 5.75. The lowest BCUT2D eigenvalue weighted by atomic mass is 9.46. The first-order valence-corrected chi connectivity index (χ1v) is 9.95. The van der Waals surface area contributed by atoms with Gasteiger partial charge in [0.05, 0.1) is 25.2 Å². The molecule has 5 atom stereocenters. The highest BCUT2D eigenvalue weighted by molar-refractivity contribution is 5.88. The Labute approximate surface area is 165 Å². The smallest absolute Gasteiger partial charge is 0.331 e. The van der Waals surface area contributed by atoms with Crippen molar-refractivity contribution in [3.63, 3.8) is 0 Å². The Hall–Kier alpha value is -2.08. The molecule has 6 heteroatoms. The highest BCUT2D eigenvalue weighted by atomic mass is 16.5. The molecule has 6 nitrogen and oxygen atoms in total. The van der Waals surface area contributed by atoms with E-state index in [-0.39, 0.29) is 23.2 Å². The largest absolute Gasteiger partial charge is 0.478 e. The van der Waals surface area contributed by atoms with Crippen LogP contribution in [0.4, 0.5) is 0 Å². The normalized spacial score (nSPS) is 35.0. The van der Waals surface area contributed by atoms with Crippen molar-refractivity contribution in [3.8, 4) is 0 Å². The van der Waals surface area contributed by atoms with Gasteiger partial charge in [0, 0.05) is 23.8 Å². The molecule has 1 saturated carbocycles. The van der Waals surface area contributed by atoms with Gasteiger partial charge < -0.3 is 19.4 Å². The number of carboxylic acids is 1.